The molecular weight excluding hydrogens is 510 g/mol. The van der Waals surface area contributed by atoms with Crippen molar-refractivity contribution >= 4 is 38.7 Å². The fraction of sp³-hybridized carbons (Fsp3) is 0.269. The number of thiazole rings is 1. The van der Waals surface area contributed by atoms with Gasteiger partial charge in [0, 0.05) is 28.2 Å². The second kappa shape index (κ2) is 10.1. The van der Waals surface area contributed by atoms with Gasteiger partial charge in [-0.25, -0.2) is 14.4 Å². The Labute approximate surface area is 211 Å². The van der Waals surface area contributed by atoms with E-state index in [4.69, 9.17) is 10.1 Å². The maximum atomic E-state index is 13.4. The van der Waals surface area contributed by atoms with Crippen molar-refractivity contribution in [1.29, 1.82) is 0 Å². The Bertz CT molecular complexity index is 1470. The van der Waals surface area contributed by atoms with Crippen LogP contribution in [0.4, 0.5) is 5.69 Å². The molecular formula is C26H28BrN5OS. The van der Waals surface area contributed by atoms with Crippen LogP contribution in [0.15, 0.2) is 79.3 Å². The van der Waals surface area contributed by atoms with Crippen LogP contribution in [-0.4, -0.2) is 19.8 Å². The van der Waals surface area contributed by atoms with Gasteiger partial charge in [-0.2, -0.15) is 5.10 Å². The first-order chi connectivity index (χ1) is 16.3. The minimum Gasteiger partial charge on any atom is -0.283 e. The van der Waals surface area contributed by atoms with Crippen molar-refractivity contribution in [3.63, 3.8) is 0 Å². The van der Waals surface area contributed by atoms with E-state index in [1.165, 1.54) is 11.3 Å². The smallest absolute Gasteiger partial charge is 0.283 e. The molecule has 2 heterocycles. The zero-order valence-corrected chi connectivity index (χ0v) is 22.4. The Morgan fingerprint density at radius 3 is 2.53 bits per heavy atom. The number of hydrogen-bond donors (Lipinski definition) is 0. The zero-order chi connectivity index (χ0) is 24.4. The van der Waals surface area contributed by atoms with Crippen LogP contribution in [0, 0.1) is 12.8 Å². The molecule has 0 unspecified atom stereocenters. The van der Waals surface area contributed by atoms with Crippen LogP contribution < -0.4 is 10.4 Å². The van der Waals surface area contributed by atoms with Crippen molar-refractivity contribution in [2.24, 2.45) is 23.1 Å². The monoisotopic (exact) mass is 537 g/mol. The second-order valence-corrected chi connectivity index (χ2v) is 10.4. The molecule has 0 spiro atoms. The lowest BCUT2D eigenvalue weighted by Crippen LogP contribution is -2.20. The van der Waals surface area contributed by atoms with Gasteiger partial charge in [-0.05, 0) is 50.5 Å². The maximum Gasteiger partial charge on any atom is 0.297 e. The predicted molar refractivity (Wildman–Crippen MR) is 144 cm³/mol. The highest BCUT2D eigenvalue weighted by Gasteiger charge is 2.17. The quantitative estimate of drug-likeness (QED) is 0.267. The summed E-state index contributed by atoms with van der Waals surface area (Å²) in [6, 6.07) is 17.7. The van der Waals surface area contributed by atoms with Crippen LogP contribution >= 0.6 is 27.3 Å². The first kappa shape index (κ1) is 24.2. The molecule has 0 amide bonds. The Balaban J connectivity index is 1.94. The fourth-order valence-corrected chi connectivity index (χ4v) is 5.14. The lowest BCUT2D eigenvalue weighted by Gasteiger charge is -2.08. The highest BCUT2D eigenvalue weighted by Crippen LogP contribution is 2.25. The van der Waals surface area contributed by atoms with Crippen LogP contribution in [-0.2, 0) is 7.05 Å². The van der Waals surface area contributed by atoms with Gasteiger partial charge in [0.1, 0.15) is 0 Å². The zero-order valence-electron chi connectivity index (χ0n) is 20.0. The van der Waals surface area contributed by atoms with Gasteiger partial charge in [0.2, 0.25) is 4.80 Å². The number of hydrogen-bond acceptors (Lipinski definition) is 4. The SMILES string of the molecule is CC(CC(C)C)=Nn1c(-c2cccc(Br)c2)csc1=Nc1c(C)n(C)n(-c2ccccc2)c1=O. The summed E-state index contributed by atoms with van der Waals surface area (Å²) in [5, 5.41) is 6.97. The molecule has 6 nitrogen and oxygen atoms in total. The van der Waals surface area contributed by atoms with Gasteiger partial charge in [-0.1, -0.05) is 60.1 Å². The molecule has 8 heteroatoms. The van der Waals surface area contributed by atoms with E-state index < -0.39 is 0 Å². The molecule has 0 bridgehead atoms. The lowest BCUT2D eigenvalue weighted by atomic mass is 10.1. The van der Waals surface area contributed by atoms with Gasteiger partial charge < -0.3 is 0 Å². The number of halogens is 1. The van der Waals surface area contributed by atoms with Gasteiger partial charge >= 0.3 is 0 Å². The van der Waals surface area contributed by atoms with Gasteiger partial charge in [-0.15, -0.1) is 11.3 Å². The van der Waals surface area contributed by atoms with Crippen molar-refractivity contribution < 1.29 is 0 Å². The van der Waals surface area contributed by atoms with Crippen LogP contribution in [0.5, 0.6) is 0 Å². The molecule has 4 rings (SSSR count). The van der Waals surface area contributed by atoms with E-state index in [9.17, 15) is 4.79 Å². The van der Waals surface area contributed by atoms with Crippen LogP contribution in [0.1, 0.15) is 32.9 Å². The summed E-state index contributed by atoms with van der Waals surface area (Å²) in [6.45, 7) is 8.31. The van der Waals surface area contributed by atoms with Gasteiger partial charge in [0.25, 0.3) is 5.56 Å². The molecule has 4 aromatic rings. The molecule has 0 aliphatic carbocycles. The Hall–Kier alpha value is -2.97. The van der Waals surface area contributed by atoms with Crippen molar-refractivity contribution in [1.82, 2.24) is 14.0 Å². The first-order valence-corrected chi connectivity index (χ1v) is 12.8. The number of para-hydroxylation sites is 1. The number of benzene rings is 2. The summed E-state index contributed by atoms with van der Waals surface area (Å²) in [4.78, 5) is 18.9. The minimum atomic E-state index is -0.155. The summed E-state index contributed by atoms with van der Waals surface area (Å²) in [6.07, 6.45) is 0.880. The summed E-state index contributed by atoms with van der Waals surface area (Å²) < 4.78 is 6.35. The maximum absolute atomic E-state index is 13.4. The van der Waals surface area contributed by atoms with E-state index in [0.717, 1.165) is 39.2 Å². The Morgan fingerprint density at radius 2 is 1.85 bits per heavy atom. The molecule has 34 heavy (non-hydrogen) atoms. The topological polar surface area (TPSA) is 56.6 Å². The summed E-state index contributed by atoms with van der Waals surface area (Å²) in [7, 11) is 1.88. The van der Waals surface area contributed by atoms with Crippen molar-refractivity contribution in [2.75, 3.05) is 0 Å². The third-order valence-electron chi connectivity index (χ3n) is 5.51. The molecule has 0 saturated heterocycles. The Kier molecular flexibility index (Phi) is 7.19. The van der Waals surface area contributed by atoms with E-state index in [1.807, 2.05) is 78.1 Å². The molecule has 0 atom stereocenters. The van der Waals surface area contributed by atoms with Crippen molar-refractivity contribution in [3.05, 3.63) is 85.3 Å². The second-order valence-electron chi connectivity index (χ2n) is 8.68. The third kappa shape index (κ3) is 4.93. The van der Waals surface area contributed by atoms with E-state index in [1.54, 1.807) is 4.68 Å². The minimum absolute atomic E-state index is 0.155. The molecule has 0 aliphatic heterocycles. The number of rotatable bonds is 6. The van der Waals surface area contributed by atoms with Crippen LogP contribution in [0.2, 0.25) is 0 Å². The van der Waals surface area contributed by atoms with E-state index in [-0.39, 0.29) is 5.56 Å². The molecule has 0 radical (unpaired) electrons. The van der Waals surface area contributed by atoms with Crippen molar-refractivity contribution in [2.45, 2.75) is 34.1 Å². The van der Waals surface area contributed by atoms with E-state index in [2.05, 4.69) is 41.9 Å². The average molecular weight is 539 g/mol. The Morgan fingerprint density at radius 1 is 1.12 bits per heavy atom. The van der Waals surface area contributed by atoms with E-state index in [0.29, 0.717) is 16.4 Å². The molecule has 0 aliphatic rings. The largest absolute Gasteiger partial charge is 0.297 e. The molecule has 0 fully saturated rings. The summed E-state index contributed by atoms with van der Waals surface area (Å²) in [5.74, 6) is 0.493. The van der Waals surface area contributed by atoms with Gasteiger partial charge in [-0.3, -0.25) is 9.48 Å². The highest BCUT2D eigenvalue weighted by molar-refractivity contribution is 9.10. The average Bonchev–Trinajstić information content (AvgIpc) is 3.27. The number of aromatic nitrogens is 3. The molecule has 0 saturated carbocycles. The van der Waals surface area contributed by atoms with Crippen molar-refractivity contribution in [3.8, 4) is 16.9 Å². The lowest BCUT2D eigenvalue weighted by molar-refractivity contribution is 0.630. The normalized spacial score (nSPS) is 12.7. The third-order valence-corrected chi connectivity index (χ3v) is 6.82. The summed E-state index contributed by atoms with van der Waals surface area (Å²) in [5.41, 5.74) is 4.83. The molecule has 0 N–H and O–H groups in total. The molecule has 2 aromatic heterocycles. The van der Waals surface area contributed by atoms with Crippen LogP contribution in [0.25, 0.3) is 16.9 Å². The van der Waals surface area contributed by atoms with E-state index >= 15 is 0 Å². The highest BCUT2D eigenvalue weighted by atomic mass is 79.9. The molecule has 176 valence electrons. The van der Waals surface area contributed by atoms with Crippen LogP contribution in [0.3, 0.4) is 0 Å². The molecule has 2 aromatic carbocycles. The number of nitrogens with zero attached hydrogens (tertiary/aromatic N) is 5. The standard InChI is InChI=1S/C26H28BrN5OS/c1-17(2)14-18(3)29-31-23(20-10-9-11-21(27)15-20)16-34-26(31)28-24-19(4)30(5)32(25(24)33)22-12-7-6-8-13-22/h6-13,15-17H,14H2,1-5H3. The van der Waals surface area contributed by atoms with Gasteiger partial charge in [0.15, 0.2) is 5.69 Å². The predicted octanol–water partition coefficient (Wildman–Crippen LogP) is 6.28. The fourth-order valence-electron chi connectivity index (χ4n) is 3.90. The first-order valence-electron chi connectivity index (χ1n) is 11.2. The van der Waals surface area contributed by atoms with Gasteiger partial charge in [0.05, 0.1) is 17.1 Å². The summed E-state index contributed by atoms with van der Waals surface area (Å²) >= 11 is 5.05.